The van der Waals surface area contributed by atoms with Crippen molar-refractivity contribution in [1.29, 1.82) is 0 Å². The molecular weight excluding hydrogens is 410 g/mol. The Hall–Kier alpha value is -4.38. The number of anilines is 2. The Morgan fingerprint density at radius 3 is 2.36 bits per heavy atom. The molecule has 0 aliphatic rings. The number of hydrogen-bond donors (Lipinski definition) is 2. The molecule has 0 amide bonds. The van der Waals surface area contributed by atoms with E-state index in [9.17, 15) is 4.79 Å². The first-order chi connectivity index (χ1) is 16.2. The van der Waals surface area contributed by atoms with Gasteiger partial charge in [-0.15, -0.1) is 0 Å². The smallest absolute Gasteiger partial charge is 0.193 e. The Morgan fingerprint density at radius 2 is 1.64 bits per heavy atom. The molecule has 0 spiro atoms. The quantitative estimate of drug-likeness (QED) is 0.284. The van der Waals surface area contributed by atoms with Crippen LogP contribution in [0, 0.1) is 0 Å². The summed E-state index contributed by atoms with van der Waals surface area (Å²) in [4.78, 5) is 20.5. The van der Waals surface area contributed by atoms with E-state index in [4.69, 9.17) is 4.74 Å². The molecule has 5 rings (SSSR count). The number of H-pyrrole nitrogens is 1. The van der Waals surface area contributed by atoms with E-state index in [2.05, 4.69) is 21.4 Å². The van der Waals surface area contributed by atoms with Crippen LogP contribution in [0.5, 0.6) is 5.75 Å². The third-order valence-electron chi connectivity index (χ3n) is 5.47. The first kappa shape index (κ1) is 20.5. The van der Waals surface area contributed by atoms with Crippen LogP contribution < -0.4 is 10.1 Å². The van der Waals surface area contributed by atoms with Crippen molar-refractivity contribution < 1.29 is 9.53 Å². The number of benzene rings is 3. The number of aromatic nitrogens is 2. The lowest BCUT2D eigenvalue weighted by Gasteiger charge is -2.08. The number of hydrogen-bond acceptors (Lipinski definition) is 4. The minimum Gasteiger partial charge on any atom is -0.494 e. The second kappa shape index (κ2) is 9.01. The molecule has 2 N–H and O–H groups in total. The van der Waals surface area contributed by atoms with Crippen LogP contribution in [0.3, 0.4) is 0 Å². The number of aromatic amines is 1. The molecule has 0 atom stereocenters. The molecule has 33 heavy (non-hydrogen) atoms. The Bertz CT molecular complexity index is 1390. The monoisotopic (exact) mass is 433 g/mol. The standard InChI is InChI=1S/C28H23N3O2/c1-2-33-23-14-10-19(11-15-23)26-18-24-25(16-17-29-28(24)31-26)30-22-12-8-21(9-13-22)27(32)20-6-4-3-5-7-20/h3-18H,2H2,1H3,(H2,29,30,31). The van der Waals surface area contributed by atoms with Gasteiger partial charge in [-0.1, -0.05) is 30.3 Å². The van der Waals surface area contributed by atoms with Crippen LogP contribution in [0.1, 0.15) is 22.8 Å². The topological polar surface area (TPSA) is 67.0 Å². The van der Waals surface area contributed by atoms with Gasteiger partial charge in [0.2, 0.25) is 0 Å². The van der Waals surface area contributed by atoms with Crippen LogP contribution in [-0.2, 0) is 0 Å². The van der Waals surface area contributed by atoms with Crippen LogP contribution in [0.15, 0.2) is 97.2 Å². The zero-order valence-electron chi connectivity index (χ0n) is 18.2. The molecule has 0 saturated carbocycles. The highest BCUT2D eigenvalue weighted by molar-refractivity contribution is 6.09. The van der Waals surface area contributed by atoms with Gasteiger partial charge in [0, 0.05) is 34.1 Å². The number of nitrogens with zero attached hydrogens (tertiary/aromatic N) is 1. The maximum atomic E-state index is 12.6. The van der Waals surface area contributed by atoms with Gasteiger partial charge in [-0.3, -0.25) is 4.79 Å². The maximum absolute atomic E-state index is 12.6. The summed E-state index contributed by atoms with van der Waals surface area (Å²) in [6.45, 7) is 2.62. The number of rotatable bonds is 7. The Balaban J connectivity index is 1.38. The van der Waals surface area contributed by atoms with Crippen molar-refractivity contribution in [3.63, 3.8) is 0 Å². The van der Waals surface area contributed by atoms with E-state index < -0.39 is 0 Å². The molecule has 0 unspecified atom stereocenters. The number of carbonyl (C=O) groups is 1. The van der Waals surface area contributed by atoms with Crippen LogP contribution in [-0.4, -0.2) is 22.4 Å². The summed E-state index contributed by atoms with van der Waals surface area (Å²) in [5.41, 5.74) is 6.03. The SMILES string of the molecule is CCOc1ccc(-c2cc3c(Nc4ccc(C(=O)c5ccccc5)cc4)ccnc3[nH]2)cc1. The second-order valence-electron chi connectivity index (χ2n) is 7.66. The number of carbonyl (C=O) groups excluding carboxylic acids is 1. The third-order valence-corrected chi connectivity index (χ3v) is 5.47. The fourth-order valence-corrected chi connectivity index (χ4v) is 3.81. The van der Waals surface area contributed by atoms with Crippen molar-refractivity contribution in [3.05, 3.63) is 108 Å². The van der Waals surface area contributed by atoms with Gasteiger partial charge in [-0.05, 0) is 73.2 Å². The van der Waals surface area contributed by atoms with Gasteiger partial charge in [0.15, 0.2) is 5.78 Å². The highest BCUT2D eigenvalue weighted by Gasteiger charge is 2.11. The highest BCUT2D eigenvalue weighted by Crippen LogP contribution is 2.30. The highest BCUT2D eigenvalue weighted by atomic mass is 16.5. The first-order valence-corrected chi connectivity index (χ1v) is 10.9. The maximum Gasteiger partial charge on any atom is 0.193 e. The summed E-state index contributed by atoms with van der Waals surface area (Å²) in [6, 6.07) is 28.9. The van der Waals surface area contributed by atoms with Gasteiger partial charge in [-0.2, -0.15) is 0 Å². The summed E-state index contributed by atoms with van der Waals surface area (Å²) >= 11 is 0. The molecule has 5 nitrogen and oxygen atoms in total. The van der Waals surface area contributed by atoms with Gasteiger partial charge < -0.3 is 15.0 Å². The summed E-state index contributed by atoms with van der Waals surface area (Å²) in [5.74, 6) is 0.867. The Labute approximate surface area is 192 Å². The van der Waals surface area contributed by atoms with Gasteiger partial charge >= 0.3 is 0 Å². The molecule has 2 heterocycles. The van der Waals surface area contributed by atoms with E-state index in [-0.39, 0.29) is 5.78 Å². The Kier molecular flexibility index (Phi) is 5.60. The van der Waals surface area contributed by atoms with E-state index in [0.717, 1.165) is 39.4 Å². The predicted octanol–water partition coefficient (Wildman–Crippen LogP) is 6.60. The van der Waals surface area contributed by atoms with Crippen LogP contribution >= 0.6 is 0 Å². The predicted molar refractivity (Wildman–Crippen MR) is 132 cm³/mol. The summed E-state index contributed by atoms with van der Waals surface area (Å²) in [6.07, 6.45) is 1.77. The van der Waals surface area contributed by atoms with Gasteiger partial charge in [0.25, 0.3) is 0 Å². The average Bonchev–Trinajstić information content (AvgIpc) is 3.31. The molecule has 0 fully saturated rings. The summed E-state index contributed by atoms with van der Waals surface area (Å²) in [7, 11) is 0. The molecule has 0 radical (unpaired) electrons. The van der Waals surface area contributed by atoms with Crippen molar-refractivity contribution in [2.75, 3.05) is 11.9 Å². The van der Waals surface area contributed by atoms with Crippen LogP contribution in [0.25, 0.3) is 22.3 Å². The van der Waals surface area contributed by atoms with E-state index in [1.165, 1.54) is 0 Å². The lowest BCUT2D eigenvalue weighted by atomic mass is 10.0. The van der Waals surface area contributed by atoms with Gasteiger partial charge in [-0.25, -0.2) is 4.98 Å². The van der Waals surface area contributed by atoms with Crippen molar-refractivity contribution in [3.8, 4) is 17.0 Å². The van der Waals surface area contributed by atoms with E-state index in [1.54, 1.807) is 6.20 Å². The first-order valence-electron chi connectivity index (χ1n) is 10.9. The van der Waals surface area contributed by atoms with Gasteiger partial charge in [0.05, 0.1) is 12.3 Å². The number of ketones is 1. The third kappa shape index (κ3) is 4.34. The molecule has 0 bridgehead atoms. The summed E-state index contributed by atoms with van der Waals surface area (Å²) < 4.78 is 5.54. The van der Waals surface area contributed by atoms with Crippen LogP contribution in [0.2, 0.25) is 0 Å². The molecule has 0 aliphatic heterocycles. The molecule has 0 aliphatic carbocycles. The summed E-state index contributed by atoms with van der Waals surface area (Å²) in [5, 5.41) is 4.44. The van der Waals surface area contributed by atoms with Crippen molar-refractivity contribution in [2.24, 2.45) is 0 Å². The lowest BCUT2D eigenvalue weighted by Crippen LogP contribution is -2.01. The average molecular weight is 434 g/mol. The van der Waals surface area contributed by atoms with E-state index in [1.807, 2.05) is 91.9 Å². The molecule has 3 aromatic carbocycles. The van der Waals surface area contributed by atoms with E-state index >= 15 is 0 Å². The molecule has 5 heteroatoms. The largest absolute Gasteiger partial charge is 0.494 e. The fraction of sp³-hybridized carbons (Fsp3) is 0.0714. The zero-order chi connectivity index (χ0) is 22.6. The Morgan fingerprint density at radius 1 is 0.909 bits per heavy atom. The van der Waals surface area contributed by atoms with E-state index in [0.29, 0.717) is 17.7 Å². The second-order valence-corrected chi connectivity index (χ2v) is 7.66. The van der Waals surface area contributed by atoms with Crippen molar-refractivity contribution >= 4 is 28.2 Å². The number of pyridine rings is 1. The lowest BCUT2D eigenvalue weighted by molar-refractivity contribution is 0.103. The minimum atomic E-state index is 0.0130. The van der Waals surface area contributed by atoms with Crippen molar-refractivity contribution in [2.45, 2.75) is 6.92 Å². The minimum absolute atomic E-state index is 0.0130. The molecule has 5 aromatic rings. The molecule has 2 aromatic heterocycles. The van der Waals surface area contributed by atoms with Crippen LogP contribution in [0.4, 0.5) is 11.4 Å². The number of fused-ring (bicyclic) bond motifs is 1. The molecular formula is C28H23N3O2. The zero-order valence-corrected chi connectivity index (χ0v) is 18.2. The van der Waals surface area contributed by atoms with Crippen molar-refractivity contribution in [1.82, 2.24) is 9.97 Å². The number of ether oxygens (including phenoxy) is 1. The number of nitrogens with one attached hydrogen (secondary N) is 2. The normalized spacial score (nSPS) is 10.8. The fourth-order valence-electron chi connectivity index (χ4n) is 3.81. The molecule has 0 saturated heterocycles. The molecule has 162 valence electrons. The van der Waals surface area contributed by atoms with Gasteiger partial charge in [0.1, 0.15) is 11.4 Å².